The maximum absolute atomic E-state index is 12.8. The number of carbonyl (C=O) groups excluding carboxylic acids is 1. The molecule has 0 radical (unpaired) electrons. The van der Waals surface area contributed by atoms with Crippen LogP contribution in [0.5, 0.6) is 23.0 Å². The summed E-state index contributed by atoms with van der Waals surface area (Å²) in [5, 5.41) is 0. The Morgan fingerprint density at radius 2 is 1.33 bits per heavy atom. The van der Waals surface area contributed by atoms with Crippen LogP contribution >= 0.6 is 0 Å². The van der Waals surface area contributed by atoms with Gasteiger partial charge in [0.15, 0.2) is 5.60 Å². The SMILES string of the molecule is O=C1OC2(c3ccc(OS(=O)(=O)O)cc3Oc3cc(OS(=O)(=O)O)ccc32)C2C=CC=CC12. The van der Waals surface area contributed by atoms with Crippen LogP contribution in [0.25, 0.3) is 0 Å². The number of hydrogen-bond acceptors (Lipinski definition) is 9. The predicted molar refractivity (Wildman–Crippen MR) is 109 cm³/mol. The second-order valence-corrected chi connectivity index (χ2v) is 9.46. The molecule has 2 unspecified atom stereocenters. The molecule has 2 aromatic carbocycles. The number of carbonyl (C=O) groups is 1. The minimum atomic E-state index is -4.82. The van der Waals surface area contributed by atoms with Crippen molar-refractivity contribution >= 4 is 26.8 Å². The van der Waals surface area contributed by atoms with Crippen LogP contribution in [0.4, 0.5) is 0 Å². The lowest BCUT2D eigenvalue weighted by molar-refractivity contribution is -0.148. The molecule has 172 valence electrons. The lowest BCUT2D eigenvalue weighted by Crippen LogP contribution is -2.37. The number of ether oxygens (including phenoxy) is 2. The van der Waals surface area contributed by atoms with Gasteiger partial charge in [-0.25, -0.2) is 0 Å². The van der Waals surface area contributed by atoms with Crippen molar-refractivity contribution in [3.05, 3.63) is 71.8 Å². The Bertz CT molecular complexity index is 1370. The Hall–Kier alpha value is -3.39. The van der Waals surface area contributed by atoms with Gasteiger partial charge < -0.3 is 17.8 Å². The third-order valence-electron chi connectivity index (χ3n) is 5.47. The van der Waals surface area contributed by atoms with E-state index in [9.17, 15) is 21.6 Å². The van der Waals surface area contributed by atoms with Crippen LogP contribution in [0.2, 0.25) is 0 Å². The van der Waals surface area contributed by atoms with Crippen LogP contribution in [-0.4, -0.2) is 31.9 Å². The molecule has 0 aromatic heterocycles. The van der Waals surface area contributed by atoms with Gasteiger partial charge in [0.1, 0.15) is 23.0 Å². The summed E-state index contributed by atoms with van der Waals surface area (Å²) >= 11 is 0. The average molecular weight is 494 g/mol. The molecule has 1 fully saturated rings. The highest BCUT2D eigenvalue weighted by Gasteiger charge is 2.60. The molecule has 1 spiro atoms. The minimum absolute atomic E-state index is 0.0315. The summed E-state index contributed by atoms with van der Waals surface area (Å²) in [5.74, 6) is -2.13. The Morgan fingerprint density at radius 3 is 1.85 bits per heavy atom. The van der Waals surface area contributed by atoms with Gasteiger partial charge >= 0.3 is 26.8 Å². The molecule has 3 aliphatic rings. The lowest BCUT2D eigenvalue weighted by Gasteiger charge is -2.39. The van der Waals surface area contributed by atoms with E-state index in [2.05, 4.69) is 8.37 Å². The molecule has 2 aromatic rings. The van der Waals surface area contributed by atoms with Gasteiger partial charge in [-0.05, 0) is 24.3 Å². The van der Waals surface area contributed by atoms with Gasteiger partial charge in [0.25, 0.3) is 0 Å². The number of benzene rings is 2. The van der Waals surface area contributed by atoms with E-state index < -0.39 is 44.2 Å². The number of esters is 1. The van der Waals surface area contributed by atoms with Crippen LogP contribution in [-0.2, 0) is 35.9 Å². The van der Waals surface area contributed by atoms with Crippen molar-refractivity contribution in [2.45, 2.75) is 5.60 Å². The topological polar surface area (TPSA) is 163 Å². The van der Waals surface area contributed by atoms with E-state index in [0.29, 0.717) is 11.1 Å². The first-order valence-electron chi connectivity index (χ1n) is 9.35. The average Bonchev–Trinajstić information content (AvgIpc) is 2.99. The van der Waals surface area contributed by atoms with Crippen molar-refractivity contribution in [3.63, 3.8) is 0 Å². The Balaban J connectivity index is 1.72. The maximum atomic E-state index is 12.8. The molecular weight excluding hydrogens is 480 g/mol. The summed E-state index contributed by atoms with van der Waals surface area (Å²) < 4.78 is 83.3. The molecule has 1 saturated heterocycles. The molecule has 5 rings (SSSR count). The summed E-state index contributed by atoms with van der Waals surface area (Å²) in [4.78, 5) is 12.8. The van der Waals surface area contributed by atoms with E-state index in [0.717, 1.165) is 0 Å². The van der Waals surface area contributed by atoms with Crippen molar-refractivity contribution in [3.8, 4) is 23.0 Å². The zero-order valence-corrected chi connectivity index (χ0v) is 17.9. The highest BCUT2D eigenvalue weighted by molar-refractivity contribution is 7.81. The van der Waals surface area contributed by atoms with Crippen LogP contribution in [0.15, 0.2) is 60.7 Å². The van der Waals surface area contributed by atoms with Crippen LogP contribution in [0, 0.1) is 11.8 Å². The predicted octanol–water partition coefficient (Wildman–Crippen LogP) is 2.31. The minimum Gasteiger partial charge on any atom is -0.456 e. The van der Waals surface area contributed by atoms with Crippen molar-refractivity contribution in [1.29, 1.82) is 0 Å². The number of fused-ring (bicyclic) bond motifs is 6. The Labute approximate surface area is 187 Å². The summed E-state index contributed by atoms with van der Waals surface area (Å²) in [6.45, 7) is 0. The van der Waals surface area contributed by atoms with E-state index in [4.69, 9.17) is 18.6 Å². The first-order valence-corrected chi connectivity index (χ1v) is 12.1. The van der Waals surface area contributed by atoms with Crippen molar-refractivity contribution < 1.29 is 48.6 Å². The number of hydrogen-bond donors (Lipinski definition) is 2. The van der Waals surface area contributed by atoms with Gasteiger partial charge in [0, 0.05) is 29.2 Å². The summed E-state index contributed by atoms with van der Waals surface area (Å²) in [5.41, 5.74) is -0.650. The van der Waals surface area contributed by atoms with E-state index >= 15 is 0 Å². The van der Waals surface area contributed by atoms with Gasteiger partial charge in [0.2, 0.25) is 0 Å². The quantitative estimate of drug-likeness (QED) is 0.474. The fourth-order valence-corrected chi connectivity index (χ4v) is 5.08. The molecule has 2 atom stereocenters. The molecule has 11 nitrogen and oxygen atoms in total. The highest BCUT2D eigenvalue weighted by Crippen LogP contribution is 2.59. The monoisotopic (exact) mass is 494 g/mol. The summed E-state index contributed by atoms with van der Waals surface area (Å²) in [6, 6.07) is 7.78. The van der Waals surface area contributed by atoms with Gasteiger partial charge in [-0.3, -0.25) is 13.9 Å². The van der Waals surface area contributed by atoms with Gasteiger partial charge in [-0.15, -0.1) is 0 Å². The van der Waals surface area contributed by atoms with E-state index in [1.165, 1.54) is 36.4 Å². The summed E-state index contributed by atoms with van der Waals surface area (Å²) in [6.07, 6.45) is 6.96. The zero-order valence-electron chi connectivity index (χ0n) is 16.3. The summed E-state index contributed by atoms with van der Waals surface area (Å²) in [7, 11) is -9.64. The fraction of sp³-hybridized carbons (Fsp3) is 0.150. The smallest absolute Gasteiger partial charge is 0.446 e. The second kappa shape index (κ2) is 7.05. The van der Waals surface area contributed by atoms with Crippen LogP contribution in [0.1, 0.15) is 11.1 Å². The van der Waals surface area contributed by atoms with Crippen molar-refractivity contribution in [1.82, 2.24) is 0 Å². The molecule has 2 N–H and O–H groups in total. The zero-order chi connectivity index (χ0) is 23.6. The Kier molecular flexibility index (Phi) is 4.59. The normalized spacial score (nSPS) is 22.1. The molecule has 33 heavy (non-hydrogen) atoms. The molecule has 13 heteroatoms. The number of allylic oxidation sites excluding steroid dienone is 2. The first kappa shape index (κ1) is 21.5. The second-order valence-electron chi connectivity index (χ2n) is 7.42. The van der Waals surface area contributed by atoms with E-state index in [-0.39, 0.29) is 23.0 Å². The molecule has 0 bridgehead atoms. The first-order chi connectivity index (χ1) is 15.5. The fourth-order valence-electron chi connectivity index (χ4n) is 4.38. The molecule has 0 amide bonds. The third kappa shape index (κ3) is 3.64. The van der Waals surface area contributed by atoms with E-state index in [1.54, 1.807) is 24.3 Å². The molecule has 2 aliphatic heterocycles. The van der Waals surface area contributed by atoms with Gasteiger partial charge in [-0.2, -0.15) is 16.8 Å². The molecule has 2 heterocycles. The maximum Gasteiger partial charge on any atom is 0.446 e. The van der Waals surface area contributed by atoms with Crippen molar-refractivity contribution in [2.24, 2.45) is 11.8 Å². The van der Waals surface area contributed by atoms with Crippen molar-refractivity contribution in [2.75, 3.05) is 0 Å². The molecular formula is C20H14O11S2. The van der Waals surface area contributed by atoms with Crippen LogP contribution < -0.4 is 13.1 Å². The van der Waals surface area contributed by atoms with E-state index in [1.807, 2.05) is 0 Å². The third-order valence-corrected chi connectivity index (χ3v) is 6.27. The standard InChI is InChI=1S/C20H14O11S2/c21-19-13-3-1-2-4-14(13)20(29-19)15-7-5-11(30-32(22,23)24)9-17(15)28-18-10-12(6-8-16(18)20)31-33(25,26)27/h1-10,13-14H,(H,22,23,24)(H,25,26,27). The lowest BCUT2D eigenvalue weighted by atomic mass is 9.70. The largest absolute Gasteiger partial charge is 0.456 e. The van der Waals surface area contributed by atoms with Gasteiger partial charge in [-0.1, -0.05) is 24.3 Å². The van der Waals surface area contributed by atoms with Gasteiger partial charge in [0.05, 0.1) is 5.92 Å². The Morgan fingerprint density at radius 1 is 0.818 bits per heavy atom. The van der Waals surface area contributed by atoms with Crippen LogP contribution in [0.3, 0.4) is 0 Å². The molecule has 0 saturated carbocycles. The molecule has 1 aliphatic carbocycles. The highest BCUT2D eigenvalue weighted by atomic mass is 32.3. The number of rotatable bonds is 4.